The molecule has 34 heavy (non-hydrogen) atoms. The van der Waals surface area contributed by atoms with E-state index in [1.54, 1.807) is 49.8 Å². The third-order valence-electron chi connectivity index (χ3n) is 6.05. The molecule has 172 valence electrons. The number of carbonyl (C=O) groups is 1. The standard InChI is InChI=1S/C26H23N3O5/c1-29-20-5-3-2-4-18(20)25(31)24(26(29)32)21(30)13-19(28-14-16-8-10-27-11-9-16)17-6-7-22-23(12-17)34-15-33-22/h2-12,19,28,31H,13-15H2,1H3. The van der Waals surface area contributed by atoms with Gasteiger partial charge in [0.2, 0.25) is 6.79 Å². The number of Topliss-reactive ketones (excluding diaryl/α,β-unsaturated/α-hetero) is 1. The Hall–Kier alpha value is -4.17. The van der Waals surface area contributed by atoms with Crippen molar-refractivity contribution in [3.63, 3.8) is 0 Å². The first-order valence-corrected chi connectivity index (χ1v) is 10.9. The van der Waals surface area contributed by atoms with Gasteiger partial charge in [-0.05, 0) is 47.5 Å². The molecule has 0 radical (unpaired) electrons. The smallest absolute Gasteiger partial charge is 0.265 e. The van der Waals surface area contributed by atoms with Crippen LogP contribution in [0.4, 0.5) is 0 Å². The van der Waals surface area contributed by atoms with Gasteiger partial charge in [0, 0.05) is 43.8 Å². The molecule has 2 N–H and O–H groups in total. The minimum Gasteiger partial charge on any atom is -0.506 e. The maximum Gasteiger partial charge on any atom is 0.265 e. The van der Waals surface area contributed by atoms with E-state index in [2.05, 4.69) is 10.3 Å². The molecule has 8 heteroatoms. The zero-order valence-corrected chi connectivity index (χ0v) is 18.5. The van der Waals surface area contributed by atoms with Crippen LogP contribution in [0.5, 0.6) is 17.2 Å². The van der Waals surface area contributed by atoms with Crippen molar-refractivity contribution in [2.24, 2.45) is 7.05 Å². The Morgan fingerprint density at radius 2 is 1.88 bits per heavy atom. The highest BCUT2D eigenvalue weighted by atomic mass is 16.7. The van der Waals surface area contributed by atoms with Gasteiger partial charge in [-0.15, -0.1) is 0 Å². The number of ether oxygens (including phenoxy) is 2. The lowest BCUT2D eigenvalue weighted by atomic mass is 9.96. The number of carbonyl (C=O) groups excluding carboxylic acids is 1. The van der Waals surface area contributed by atoms with Crippen LogP contribution in [0.25, 0.3) is 10.9 Å². The van der Waals surface area contributed by atoms with Crippen molar-refractivity contribution in [1.82, 2.24) is 14.9 Å². The summed E-state index contributed by atoms with van der Waals surface area (Å²) in [4.78, 5) is 30.5. The maximum absolute atomic E-state index is 13.4. The van der Waals surface area contributed by atoms with Gasteiger partial charge in [-0.3, -0.25) is 14.6 Å². The molecular formula is C26H23N3O5. The van der Waals surface area contributed by atoms with Gasteiger partial charge in [0.25, 0.3) is 5.56 Å². The summed E-state index contributed by atoms with van der Waals surface area (Å²) in [6.07, 6.45) is 3.37. The molecule has 1 aliphatic rings. The van der Waals surface area contributed by atoms with E-state index in [9.17, 15) is 14.7 Å². The largest absolute Gasteiger partial charge is 0.506 e. The number of nitrogens with one attached hydrogen (secondary N) is 1. The van der Waals surface area contributed by atoms with Crippen molar-refractivity contribution in [1.29, 1.82) is 0 Å². The van der Waals surface area contributed by atoms with Crippen molar-refractivity contribution in [2.75, 3.05) is 6.79 Å². The number of aromatic nitrogens is 2. The van der Waals surface area contributed by atoms with Crippen LogP contribution in [0.3, 0.4) is 0 Å². The van der Waals surface area contributed by atoms with Crippen LogP contribution >= 0.6 is 0 Å². The molecule has 3 heterocycles. The van der Waals surface area contributed by atoms with Gasteiger partial charge in [-0.25, -0.2) is 0 Å². The molecule has 2 aromatic carbocycles. The highest BCUT2D eigenvalue weighted by Crippen LogP contribution is 2.35. The molecule has 8 nitrogen and oxygen atoms in total. The number of aromatic hydroxyl groups is 1. The fraction of sp³-hybridized carbons (Fsp3) is 0.192. The molecule has 2 aromatic heterocycles. The number of aryl methyl sites for hydroxylation is 1. The van der Waals surface area contributed by atoms with Gasteiger partial charge in [0.15, 0.2) is 17.3 Å². The van der Waals surface area contributed by atoms with Crippen LogP contribution in [0, 0.1) is 0 Å². The summed E-state index contributed by atoms with van der Waals surface area (Å²) < 4.78 is 12.3. The van der Waals surface area contributed by atoms with Gasteiger partial charge >= 0.3 is 0 Å². The second kappa shape index (κ2) is 8.99. The number of nitrogens with zero attached hydrogens (tertiary/aromatic N) is 2. The number of para-hydroxylation sites is 1. The molecule has 0 spiro atoms. The van der Waals surface area contributed by atoms with Crippen molar-refractivity contribution in [3.05, 3.63) is 94.0 Å². The monoisotopic (exact) mass is 457 g/mol. The van der Waals surface area contributed by atoms with Crippen LogP contribution in [0.1, 0.15) is 33.9 Å². The number of hydrogen-bond acceptors (Lipinski definition) is 7. The Bertz CT molecular complexity index is 1430. The summed E-state index contributed by atoms with van der Waals surface area (Å²) in [7, 11) is 1.60. The molecule has 0 fully saturated rings. The molecular weight excluding hydrogens is 434 g/mol. The number of ketones is 1. The van der Waals surface area contributed by atoms with Crippen LogP contribution < -0.4 is 20.3 Å². The normalized spacial score (nSPS) is 13.2. The van der Waals surface area contributed by atoms with E-state index in [1.807, 2.05) is 24.3 Å². The van der Waals surface area contributed by atoms with E-state index < -0.39 is 17.4 Å². The second-order valence-corrected chi connectivity index (χ2v) is 8.13. The van der Waals surface area contributed by atoms with Crippen LogP contribution in [0.15, 0.2) is 71.8 Å². The highest BCUT2D eigenvalue weighted by Gasteiger charge is 2.26. The molecule has 1 atom stereocenters. The fourth-order valence-corrected chi connectivity index (χ4v) is 4.20. The molecule has 0 bridgehead atoms. The summed E-state index contributed by atoms with van der Waals surface area (Å²) in [5.74, 6) is 0.505. The Balaban J connectivity index is 1.50. The summed E-state index contributed by atoms with van der Waals surface area (Å²) >= 11 is 0. The zero-order valence-electron chi connectivity index (χ0n) is 18.5. The maximum atomic E-state index is 13.4. The number of benzene rings is 2. The average Bonchev–Trinajstić information content (AvgIpc) is 3.34. The first-order valence-electron chi connectivity index (χ1n) is 10.9. The van der Waals surface area contributed by atoms with Crippen LogP contribution in [-0.4, -0.2) is 27.2 Å². The van der Waals surface area contributed by atoms with E-state index in [4.69, 9.17) is 9.47 Å². The summed E-state index contributed by atoms with van der Waals surface area (Å²) in [5.41, 5.74) is 1.63. The molecule has 5 rings (SSSR count). The van der Waals surface area contributed by atoms with Crippen molar-refractivity contribution >= 4 is 16.7 Å². The molecule has 0 amide bonds. The van der Waals surface area contributed by atoms with E-state index in [0.717, 1.165) is 11.1 Å². The zero-order chi connectivity index (χ0) is 23.7. The number of pyridine rings is 2. The minimum absolute atomic E-state index is 0.0358. The van der Waals surface area contributed by atoms with Gasteiger partial charge < -0.3 is 24.5 Å². The molecule has 1 aliphatic heterocycles. The van der Waals surface area contributed by atoms with Gasteiger partial charge in [0.1, 0.15) is 11.3 Å². The Morgan fingerprint density at radius 1 is 1.12 bits per heavy atom. The highest BCUT2D eigenvalue weighted by molar-refractivity contribution is 6.03. The average molecular weight is 457 g/mol. The minimum atomic E-state index is -0.528. The third-order valence-corrected chi connectivity index (χ3v) is 6.05. The first kappa shape index (κ1) is 21.7. The lowest BCUT2D eigenvalue weighted by Crippen LogP contribution is -2.29. The Kier molecular flexibility index (Phi) is 5.73. The van der Waals surface area contributed by atoms with E-state index >= 15 is 0 Å². The van der Waals surface area contributed by atoms with Gasteiger partial charge in [-0.2, -0.15) is 0 Å². The molecule has 4 aromatic rings. The molecule has 1 unspecified atom stereocenters. The number of rotatable bonds is 7. The SMILES string of the molecule is Cn1c(=O)c(C(=O)CC(NCc2ccncc2)c2ccc3c(c2)OCO3)c(O)c2ccccc21. The summed E-state index contributed by atoms with van der Waals surface area (Å²) in [6.45, 7) is 0.629. The fourth-order valence-electron chi connectivity index (χ4n) is 4.20. The van der Waals surface area contributed by atoms with Crippen molar-refractivity contribution < 1.29 is 19.4 Å². The second-order valence-electron chi connectivity index (χ2n) is 8.13. The van der Waals surface area contributed by atoms with Crippen LogP contribution in [0.2, 0.25) is 0 Å². The van der Waals surface area contributed by atoms with E-state index in [-0.39, 0.29) is 24.5 Å². The Morgan fingerprint density at radius 3 is 2.71 bits per heavy atom. The third kappa shape index (κ3) is 3.99. The first-order chi connectivity index (χ1) is 16.5. The summed E-state index contributed by atoms with van der Waals surface area (Å²) in [5, 5.41) is 14.7. The van der Waals surface area contributed by atoms with E-state index in [0.29, 0.717) is 28.9 Å². The molecule has 0 saturated heterocycles. The number of fused-ring (bicyclic) bond motifs is 2. The van der Waals surface area contributed by atoms with Crippen LogP contribution in [-0.2, 0) is 13.6 Å². The molecule has 0 aliphatic carbocycles. The van der Waals surface area contributed by atoms with Gasteiger partial charge in [0.05, 0.1) is 5.52 Å². The quantitative estimate of drug-likeness (QED) is 0.410. The predicted octanol–water partition coefficient (Wildman–Crippen LogP) is 3.47. The Labute approximate surface area is 195 Å². The van der Waals surface area contributed by atoms with E-state index in [1.165, 1.54) is 4.57 Å². The lowest BCUT2D eigenvalue weighted by Gasteiger charge is -2.20. The van der Waals surface area contributed by atoms with Gasteiger partial charge in [-0.1, -0.05) is 18.2 Å². The predicted molar refractivity (Wildman–Crippen MR) is 126 cm³/mol. The lowest BCUT2D eigenvalue weighted by molar-refractivity contribution is 0.0963. The van der Waals surface area contributed by atoms with Crippen molar-refractivity contribution in [2.45, 2.75) is 19.0 Å². The topological polar surface area (TPSA) is 103 Å². The van der Waals surface area contributed by atoms with Crippen molar-refractivity contribution in [3.8, 4) is 17.2 Å². The molecule has 0 saturated carbocycles. The summed E-state index contributed by atoms with van der Waals surface area (Å²) in [6, 6.07) is 15.8. The number of hydrogen-bond donors (Lipinski definition) is 2.